The van der Waals surface area contributed by atoms with E-state index in [2.05, 4.69) is 40.0 Å². The molecule has 160 valence electrons. The van der Waals surface area contributed by atoms with Crippen LogP contribution in [0.5, 0.6) is 5.75 Å². The van der Waals surface area contributed by atoms with Crippen molar-refractivity contribution < 1.29 is 14.3 Å². The third kappa shape index (κ3) is 3.88. The Bertz CT molecular complexity index is 1190. The molecule has 0 saturated carbocycles. The first kappa shape index (κ1) is 20.9. The zero-order chi connectivity index (χ0) is 22.3. The molecule has 4 rings (SSSR count). The monoisotopic (exact) mass is 438 g/mol. The van der Waals surface area contributed by atoms with Gasteiger partial charge in [-0.3, -0.25) is 14.3 Å². The molecule has 0 spiro atoms. The van der Waals surface area contributed by atoms with Crippen molar-refractivity contribution in [2.75, 3.05) is 10.6 Å². The van der Waals surface area contributed by atoms with Crippen molar-refractivity contribution in [3.8, 4) is 5.75 Å². The maximum atomic E-state index is 13.1. The van der Waals surface area contributed by atoms with Gasteiger partial charge in [-0.05, 0) is 51.5 Å². The highest BCUT2D eigenvalue weighted by Crippen LogP contribution is 2.36. The topological polar surface area (TPSA) is 85.2 Å². The molecule has 2 aromatic carbocycles. The van der Waals surface area contributed by atoms with Gasteiger partial charge in [-0.15, -0.1) is 0 Å². The number of halogens is 1. The summed E-state index contributed by atoms with van der Waals surface area (Å²) in [6.07, 6.45) is 0. The summed E-state index contributed by atoms with van der Waals surface area (Å²) in [6.45, 7) is 7.75. The Morgan fingerprint density at radius 2 is 1.90 bits per heavy atom. The Morgan fingerprint density at radius 3 is 2.61 bits per heavy atom. The van der Waals surface area contributed by atoms with Gasteiger partial charge in [-0.1, -0.05) is 41.4 Å². The number of ether oxygens (including phenoxy) is 1. The van der Waals surface area contributed by atoms with E-state index >= 15 is 0 Å². The van der Waals surface area contributed by atoms with E-state index in [0.717, 1.165) is 11.3 Å². The fourth-order valence-electron chi connectivity index (χ4n) is 3.48. The Labute approximate surface area is 185 Å². The van der Waals surface area contributed by atoms with E-state index in [4.69, 9.17) is 16.3 Å². The van der Waals surface area contributed by atoms with Crippen LogP contribution in [0.4, 0.5) is 11.4 Å². The number of nitrogens with one attached hydrogen (secondary N) is 2. The number of benzene rings is 2. The van der Waals surface area contributed by atoms with E-state index in [0.29, 0.717) is 34.4 Å². The molecule has 7 nitrogen and oxygen atoms in total. The number of carbonyl (C=O) groups is 2. The maximum absolute atomic E-state index is 13.1. The van der Waals surface area contributed by atoms with Gasteiger partial charge in [0, 0.05) is 5.02 Å². The highest BCUT2D eigenvalue weighted by molar-refractivity contribution is 6.31. The molecule has 1 aromatic heterocycles. The van der Waals surface area contributed by atoms with E-state index in [9.17, 15) is 9.59 Å². The molecule has 1 atom stereocenters. The molecule has 1 unspecified atom stereocenters. The molecule has 8 heteroatoms. The molecule has 0 bridgehead atoms. The molecule has 2 heterocycles. The second-order valence-corrected chi connectivity index (χ2v) is 8.31. The van der Waals surface area contributed by atoms with Crippen LogP contribution < -0.4 is 15.4 Å². The van der Waals surface area contributed by atoms with Crippen molar-refractivity contribution in [3.05, 3.63) is 70.0 Å². The number of nitrogens with zero attached hydrogens (tertiary/aromatic N) is 2. The van der Waals surface area contributed by atoms with Crippen LogP contribution in [-0.2, 0) is 16.1 Å². The molecule has 0 fully saturated rings. The molecule has 0 radical (unpaired) electrons. The van der Waals surface area contributed by atoms with Crippen LogP contribution in [0, 0.1) is 20.8 Å². The minimum Gasteiger partial charge on any atom is -0.466 e. The Morgan fingerprint density at radius 1 is 1.19 bits per heavy atom. The minimum absolute atomic E-state index is 0.380. The number of fused-ring (bicyclic) bond motifs is 1. The second kappa shape index (κ2) is 7.74. The van der Waals surface area contributed by atoms with Gasteiger partial charge < -0.3 is 15.4 Å². The molecule has 1 aliphatic heterocycles. The second-order valence-electron chi connectivity index (χ2n) is 7.87. The summed E-state index contributed by atoms with van der Waals surface area (Å²) in [5.74, 6) is -0.765. The third-order valence-corrected chi connectivity index (χ3v) is 5.68. The van der Waals surface area contributed by atoms with Gasteiger partial charge in [0.2, 0.25) is 0 Å². The highest BCUT2D eigenvalue weighted by Gasteiger charge is 2.47. The average molecular weight is 439 g/mol. The summed E-state index contributed by atoms with van der Waals surface area (Å²) in [5.41, 5.74) is 3.00. The van der Waals surface area contributed by atoms with E-state index in [1.54, 1.807) is 18.2 Å². The number of hydrogen-bond acceptors (Lipinski definition) is 4. The summed E-state index contributed by atoms with van der Waals surface area (Å²) in [4.78, 5) is 25.8. The van der Waals surface area contributed by atoms with Crippen molar-refractivity contribution in [2.24, 2.45) is 0 Å². The lowest BCUT2D eigenvalue weighted by Crippen LogP contribution is -2.56. The van der Waals surface area contributed by atoms with Gasteiger partial charge in [-0.2, -0.15) is 5.10 Å². The summed E-state index contributed by atoms with van der Waals surface area (Å²) in [7, 11) is 0. The molecule has 0 saturated heterocycles. The fourth-order valence-corrected chi connectivity index (χ4v) is 3.65. The third-order valence-electron chi connectivity index (χ3n) is 5.44. The van der Waals surface area contributed by atoms with Crippen molar-refractivity contribution in [1.29, 1.82) is 0 Å². The van der Waals surface area contributed by atoms with Gasteiger partial charge in [0.05, 0.1) is 29.3 Å². The molecule has 2 N–H and O–H groups in total. The lowest BCUT2D eigenvalue weighted by atomic mass is 10.0. The molecule has 1 aliphatic rings. The molecule has 0 aliphatic carbocycles. The van der Waals surface area contributed by atoms with E-state index < -0.39 is 17.4 Å². The smallest absolute Gasteiger partial charge is 0.278 e. The first-order valence-corrected chi connectivity index (χ1v) is 10.3. The highest BCUT2D eigenvalue weighted by atomic mass is 35.5. The van der Waals surface area contributed by atoms with Crippen LogP contribution in [0.3, 0.4) is 0 Å². The zero-order valence-corrected chi connectivity index (χ0v) is 18.5. The van der Waals surface area contributed by atoms with Crippen LogP contribution in [0.2, 0.25) is 5.02 Å². The standard InChI is InChI=1S/C23H23ClN4O3/c1-13-5-7-16(8-6-13)12-28-15(3)20(14(2)27-28)26-22(30)23(4)21(29)25-18-11-17(24)9-10-19(18)31-23/h5-11H,12H2,1-4H3,(H,25,29)(H,26,30). The molecular weight excluding hydrogens is 416 g/mol. The van der Waals surface area contributed by atoms with Crippen LogP contribution in [0.25, 0.3) is 0 Å². The van der Waals surface area contributed by atoms with Crippen molar-refractivity contribution >= 4 is 34.8 Å². The summed E-state index contributed by atoms with van der Waals surface area (Å²) >= 11 is 5.97. The largest absolute Gasteiger partial charge is 0.466 e. The minimum atomic E-state index is -1.74. The summed E-state index contributed by atoms with van der Waals surface area (Å²) in [5, 5.41) is 10.6. The first-order chi connectivity index (χ1) is 14.7. The average Bonchev–Trinajstić information content (AvgIpc) is 2.98. The van der Waals surface area contributed by atoms with Crippen LogP contribution in [-0.4, -0.2) is 27.2 Å². The fraction of sp³-hybridized carbons (Fsp3) is 0.261. The van der Waals surface area contributed by atoms with E-state index in [1.807, 2.05) is 25.5 Å². The Kier molecular flexibility index (Phi) is 5.23. The Balaban J connectivity index is 1.57. The van der Waals surface area contributed by atoms with Crippen LogP contribution in [0.1, 0.15) is 29.4 Å². The zero-order valence-electron chi connectivity index (χ0n) is 17.7. The van der Waals surface area contributed by atoms with Crippen molar-refractivity contribution in [1.82, 2.24) is 9.78 Å². The number of amides is 2. The van der Waals surface area contributed by atoms with Gasteiger partial charge >= 0.3 is 0 Å². The van der Waals surface area contributed by atoms with Crippen LogP contribution >= 0.6 is 11.6 Å². The first-order valence-electron chi connectivity index (χ1n) is 9.88. The normalized spacial score (nSPS) is 17.5. The van der Waals surface area contributed by atoms with Gasteiger partial charge in [0.15, 0.2) is 0 Å². The van der Waals surface area contributed by atoms with Gasteiger partial charge in [0.1, 0.15) is 5.75 Å². The van der Waals surface area contributed by atoms with Crippen molar-refractivity contribution in [2.45, 2.75) is 39.8 Å². The predicted octanol–water partition coefficient (Wildman–Crippen LogP) is 4.24. The Hall–Kier alpha value is -3.32. The summed E-state index contributed by atoms with van der Waals surface area (Å²) in [6, 6.07) is 13.0. The number of carbonyl (C=O) groups excluding carboxylic acids is 2. The number of hydrogen-bond donors (Lipinski definition) is 2. The number of aryl methyl sites for hydroxylation is 2. The van der Waals surface area contributed by atoms with Gasteiger partial charge in [-0.25, -0.2) is 0 Å². The maximum Gasteiger partial charge on any atom is 0.278 e. The molecule has 2 amide bonds. The molecule has 3 aromatic rings. The number of aromatic nitrogens is 2. The SMILES string of the molecule is Cc1ccc(Cn2nc(C)c(NC(=O)C3(C)Oc4ccc(Cl)cc4NC3=O)c2C)cc1. The molecular formula is C23H23ClN4O3. The quantitative estimate of drug-likeness (QED) is 0.596. The molecule has 31 heavy (non-hydrogen) atoms. The lowest BCUT2D eigenvalue weighted by molar-refractivity contribution is -0.143. The van der Waals surface area contributed by atoms with Crippen molar-refractivity contribution in [3.63, 3.8) is 0 Å². The summed E-state index contributed by atoms with van der Waals surface area (Å²) < 4.78 is 7.63. The number of anilines is 2. The van der Waals surface area contributed by atoms with E-state index in [-0.39, 0.29) is 0 Å². The van der Waals surface area contributed by atoms with Crippen LogP contribution in [0.15, 0.2) is 42.5 Å². The predicted molar refractivity (Wildman–Crippen MR) is 120 cm³/mol. The number of rotatable bonds is 4. The lowest BCUT2D eigenvalue weighted by Gasteiger charge is -2.33. The van der Waals surface area contributed by atoms with E-state index in [1.165, 1.54) is 12.5 Å². The van der Waals surface area contributed by atoms with Gasteiger partial charge in [0.25, 0.3) is 17.4 Å².